The summed E-state index contributed by atoms with van der Waals surface area (Å²) in [5, 5.41) is 9.45. The average Bonchev–Trinajstić information content (AvgIpc) is 3.08. The standard InChI is InChI=1S/C16H21NO4/c18-15(11-7-9-1-3-10(11)4-2-9)17-12-5-6-21-14(12)8-13(17)16(19)20/h1,3,9-14H,2,4-8H2,(H,19,20)/t9-,10+,11-,12+,13+,14+/m1/s1. The molecule has 1 saturated carbocycles. The van der Waals surface area contributed by atoms with E-state index in [1.165, 1.54) is 6.42 Å². The van der Waals surface area contributed by atoms with E-state index in [4.69, 9.17) is 4.74 Å². The van der Waals surface area contributed by atoms with Gasteiger partial charge in [0, 0.05) is 18.9 Å². The zero-order valence-corrected chi connectivity index (χ0v) is 12.0. The fourth-order valence-electron chi connectivity index (χ4n) is 4.69. The van der Waals surface area contributed by atoms with Gasteiger partial charge in [-0.2, -0.15) is 0 Å². The molecule has 2 heterocycles. The Labute approximate surface area is 123 Å². The van der Waals surface area contributed by atoms with Crippen LogP contribution in [-0.2, 0) is 14.3 Å². The lowest BCUT2D eigenvalue weighted by molar-refractivity contribution is -0.153. The van der Waals surface area contributed by atoms with Crippen LogP contribution in [0.5, 0.6) is 0 Å². The molecule has 2 saturated heterocycles. The van der Waals surface area contributed by atoms with Gasteiger partial charge in [0.15, 0.2) is 0 Å². The Morgan fingerprint density at radius 2 is 2.00 bits per heavy atom. The summed E-state index contributed by atoms with van der Waals surface area (Å²) in [6.07, 6.45) is 8.68. The number of amides is 1. The number of carbonyl (C=O) groups excluding carboxylic acids is 1. The van der Waals surface area contributed by atoms with Crippen LogP contribution >= 0.6 is 0 Å². The van der Waals surface area contributed by atoms with Gasteiger partial charge in [-0.05, 0) is 37.5 Å². The molecule has 21 heavy (non-hydrogen) atoms. The number of hydrogen-bond acceptors (Lipinski definition) is 3. The molecule has 5 aliphatic rings. The molecule has 2 aliphatic heterocycles. The van der Waals surface area contributed by atoms with Crippen LogP contribution in [-0.4, -0.2) is 46.7 Å². The largest absolute Gasteiger partial charge is 0.480 e. The van der Waals surface area contributed by atoms with E-state index in [1.807, 2.05) is 0 Å². The number of ether oxygens (including phenoxy) is 1. The fraction of sp³-hybridized carbons (Fsp3) is 0.750. The van der Waals surface area contributed by atoms with Crippen molar-refractivity contribution in [3.05, 3.63) is 12.2 Å². The number of hydrogen-bond donors (Lipinski definition) is 1. The first-order chi connectivity index (χ1) is 10.1. The smallest absolute Gasteiger partial charge is 0.326 e. The van der Waals surface area contributed by atoms with E-state index in [2.05, 4.69) is 12.2 Å². The summed E-state index contributed by atoms with van der Waals surface area (Å²) < 4.78 is 5.62. The zero-order valence-electron chi connectivity index (χ0n) is 12.0. The van der Waals surface area contributed by atoms with Gasteiger partial charge in [-0.15, -0.1) is 0 Å². The van der Waals surface area contributed by atoms with Crippen molar-refractivity contribution in [2.75, 3.05) is 6.61 Å². The van der Waals surface area contributed by atoms with E-state index in [-0.39, 0.29) is 24.0 Å². The zero-order chi connectivity index (χ0) is 14.6. The van der Waals surface area contributed by atoms with Crippen LogP contribution in [0.25, 0.3) is 0 Å². The third-order valence-corrected chi connectivity index (χ3v) is 5.75. The molecule has 1 amide bonds. The van der Waals surface area contributed by atoms with E-state index in [0.29, 0.717) is 24.9 Å². The van der Waals surface area contributed by atoms with Crippen LogP contribution < -0.4 is 0 Å². The van der Waals surface area contributed by atoms with Gasteiger partial charge in [0.1, 0.15) is 6.04 Å². The second kappa shape index (κ2) is 4.83. The van der Waals surface area contributed by atoms with Crippen molar-refractivity contribution in [2.45, 2.75) is 50.3 Å². The maximum absolute atomic E-state index is 13.0. The van der Waals surface area contributed by atoms with Gasteiger partial charge < -0.3 is 14.7 Å². The van der Waals surface area contributed by atoms with E-state index >= 15 is 0 Å². The summed E-state index contributed by atoms with van der Waals surface area (Å²) in [4.78, 5) is 26.2. The summed E-state index contributed by atoms with van der Waals surface area (Å²) >= 11 is 0. The normalized spacial score (nSPS) is 44.1. The van der Waals surface area contributed by atoms with Crippen LogP contribution in [0.3, 0.4) is 0 Å². The molecule has 5 rings (SSSR count). The van der Waals surface area contributed by atoms with Crippen molar-refractivity contribution in [1.82, 2.24) is 4.90 Å². The highest BCUT2D eigenvalue weighted by Gasteiger charge is 2.52. The number of likely N-dealkylation sites (tertiary alicyclic amines) is 1. The fourth-order valence-corrected chi connectivity index (χ4v) is 4.69. The molecule has 0 aromatic rings. The van der Waals surface area contributed by atoms with Crippen LogP contribution in [0.15, 0.2) is 12.2 Å². The quantitative estimate of drug-likeness (QED) is 0.782. The minimum absolute atomic E-state index is 0.0186. The van der Waals surface area contributed by atoms with E-state index in [1.54, 1.807) is 4.90 Å². The second-order valence-electron chi connectivity index (χ2n) is 6.83. The molecule has 0 unspecified atom stereocenters. The summed E-state index contributed by atoms with van der Waals surface area (Å²) in [5.41, 5.74) is 0. The first-order valence-electron chi connectivity index (χ1n) is 8.00. The number of carboxylic acid groups (broad SMARTS) is 1. The lowest BCUT2D eigenvalue weighted by atomic mass is 9.68. The Morgan fingerprint density at radius 3 is 2.62 bits per heavy atom. The molecule has 6 atom stereocenters. The van der Waals surface area contributed by atoms with Crippen molar-refractivity contribution < 1.29 is 19.4 Å². The summed E-state index contributed by atoms with van der Waals surface area (Å²) in [7, 11) is 0. The minimum Gasteiger partial charge on any atom is -0.480 e. The van der Waals surface area contributed by atoms with Gasteiger partial charge >= 0.3 is 5.97 Å². The highest BCUT2D eigenvalue weighted by Crippen LogP contribution is 2.43. The molecule has 0 aromatic heterocycles. The first-order valence-corrected chi connectivity index (χ1v) is 8.00. The highest BCUT2D eigenvalue weighted by atomic mass is 16.5. The van der Waals surface area contributed by atoms with Gasteiger partial charge in [0.2, 0.25) is 5.91 Å². The third-order valence-electron chi connectivity index (χ3n) is 5.75. The van der Waals surface area contributed by atoms with Crippen LogP contribution in [0.4, 0.5) is 0 Å². The number of carboxylic acids is 1. The molecular formula is C16H21NO4. The van der Waals surface area contributed by atoms with E-state index < -0.39 is 12.0 Å². The van der Waals surface area contributed by atoms with E-state index in [9.17, 15) is 14.7 Å². The number of nitrogens with zero attached hydrogens (tertiary/aromatic N) is 1. The molecule has 0 aromatic carbocycles. The number of aliphatic carboxylic acids is 1. The van der Waals surface area contributed by atoms with Crippen molar-refractivity contribution in [2.24, 2.45) is 17.8 Å². The molecule has 0 radical (unpaired) electrons. The number of allylic oxidation sites excluding steroid dienone is 2. The van der Waals surface area contributed by atoms with Gasteiger partial charge in [-0.1, -0.05) is 12.2 Å². The number of rotatable bonds is 2. The van der Waals surface area contributed by atoms with Crippen molar-refractivity contribution in [3.63, 3.8) is 0 Å². The van der Waals surface area contributed by atoms with Gasteiger partial charge in [-0.3, -0.25) is 4.79 Å². The highest BCUT2D eigenvalue weighted by molar-refractivity contribution is 5.87. The lowest BCUT2D eigenvalue weighted by Crippen LogP contribution is -2.50. The summed E-state index contributed by atoms with van der Waals surface area (Å²) in [6.45, 7) is 0.641. The molecule has 3 fully saturated rings. The first kappa shape index (κ1) is 13.3. The monoisotopic (exact) mass is 291 g/mol. The number of carbonyl (C=O) groups is 2. The molecule has 5 heteroatoms. The van der Waals surface area contributed by atoms with Crippen LogP contribution in [0.1, 0.15) is 32.1 Å². The lowest BCUT2D eigenvalue weighted by Gasteiger charge is -2.40. The van der Waals surface area contributed by atoms with Crippen molar-refractivity contribution in [3.8, 4) is 0 Å². The van der Waals surface area contributed by atoms with Crippen molar-refractivity contribution in [1.29, 1.82) is 0 Å². The molecular weight excluding hydrogens is 270 g/mol. The summed E-state index contributed by atoms with van der Waals surface area (Å²) in [5.74, 6) is -0.0453. The SMILES string of the molecule is O=C(O)[C@@H]1C[C@@H]2OCC[C@@H]2N1C(=O)[C@@H]1C[C@@H]2C=C[C@H]1CC2. The van der Waals surface area contributed by atoms with Crippen LogP contribution in [0.2, 0.25) is 0 Å². The number of fused-ring (bicyclic) bond motifs is 3. The van der Waals surface area contributed by atoms with E-state index in [0.717, 1.165) is 19.3 Å². The Bertz CT molecular complexity index is 503. The predicted octanol–water partition coefficient (Wildman–Crippen LogP) is 1.43. The Morgan fingerprint density at radius 1 is 1.14 bits per heavy atom. The van der Waals surface area contributed by atoms with Gasteiger partial charge in [0.05, 0.1) is 12.1 Å². The molecule has 3 aliphatic carbocycles. The average molecular weight is 291 g/mol. The Kier molecular flexibility index (Phi) is 3.06. The molecule has 2 bridgehead atoms. The van der Waals surface area contributed by atoms with Gasteiger partial charge in [-0.25, -0.2) is 4.79 Å². The minimum atomic E-state index is -0.891. The molecule has 1 N–H and O–H groups in total. The second-order valence-corrected chi connectivity index (χ2v) is 6.83. The molecule has 5 nitrogen and oxygen atoms in total. The Hall–Kier alpha value is -1.36. The molecule has 0 spiro atoms. The molecule has 114 valence electrons. The van der Waals surface area contributed by atoms with Gasteiger partial charge in [0.25, 0.3) is 0 Å². The topological polar surface area (TPSA) is 66.8 Å². The van der Waals surface area contributed by atoms with Crippen LogP contribution in [0, 0.1) is 17.8 Å². The Balaban J connectivity index is 1.59. The summed E-state index contributed by atoms with van der Waals surface area (Å²) in [6, 6.07) is -0.722. The third kappa shape index (κ3) is 2.01. The predicted molar refractivity (Wildman–Crippen MR) is 74.5 cm³/mol. The van der Waals surface area contributed by atoms with Crippen molar-refractivity contribution >= 4 is 11.9 Å². The maximum atomic E-state index is 13.0. The maximum Gasteiger partial charge on any atom is 0.326 e.